The first-order chi connectivity index (χ1) is 13.0. The molecule has 0 heterocycles. The summed E-state index contributed by atoms with van der Waals surface area (Å²) in [7, 11) is 3.19. The SMILES string of the molecule is COCCOc1c(OC)cc(C(C)C)c(C=CC#N)c1-c1ccc(F)cc1. The van der Waals surface area contributed by atoms with Crippen molar-refractivity contribution in [3.05, 3.63) is 53.4 Å². The van der Waals surface area contributed by atoms with Crippen molar-refractivity contribution in [1.82, 2.24) is 0 Å². The van der Waals surface area contributed by atoms with Crippen LogP contribution in [0.3, 0.4) is 0 Å². The molecule has 2 rings (SSSR count). The molecular weight excluding hydrogens is 345 g/mol. The molecule has 142 valence electrons. The van der Waals surface area contributed by atoms with E-state index >= 15 is 0 Å². The number of methoxy groups -OCH3 is 2. The van der Waals surface area contributed by atoms with Crippen molar-refractivity contribution in [1.29, 1.82) is 5.26 Å². The van der Waals surface area contributed by atoms with Crippen molar-refractivity contribution in [3.8, 4) is 28.7 Å². The Hall–Kier alpha value is -2.84. The Morgan fingerprint density at radius 2 is 1.85 bits per heavy atom. The molecule has 0 aliphatic carbocycles. The van der Waals surface area contributed by atoms with Crippen molar-refractivity contribution in [2.45, 2.75) is 19.8 Å². The zero-order valence-electron chi connectivity index (χ0n) is 16.1. The maximum atomic E-state index is 13.5. The second kappa shape index (κ2) is 9.75. The smallest absolute Gasteiger partial charge is 0.169 e. The van der Waals surface area contributed by atoms with E-state index in [9.17, 15) is 4.39 Å². The minimum atomic E-state index is -0.318. The van der Waals surface area contributed by atoms with E-state index in [-0.39, 0.29) is 11.7 Å². The number of nitrogens with zero attached hydrogens (tertiary/aromatic N) is 1. The van der Waals surface area contributed by atoms with Crippen molar-refractivity contribution < 1.29 is 18.6 Å². The molecule has 0 saturated heterocycles. The number of benzene rings is 2. The van der Waals surface area contributed by atoms with Gasteiger partial charge in [-0.25, -0.2) is 4.39 Å². The first-order valence-electron chi connectivity index (χ1n) is 8.72. The van der Waals surface area contributed by atoms with Crippen LogP contribution in [0.15, 0.2) is 36.4 Å². The van der Waals surface area contributed by atoms with Gasteiger partial charge in [0.15, 0.2) is 11.5 Å². The lowest BCUT2D eigenvalue weighted by Gasteiger charge is -2.22. The summed E-state index contributed by atoms with van der Waals surface area (Å²) in [6.07, 6.45) is 3.19. The quantitative estimate of drug-likeness (QED) is 0.475. The lowest BCUT2D eigenvalue weighted by atomic mass is 9.88. The number of hydrogen-bond donors (Lipinski definition) is 0. The summed E-state index contributed by atoms with van der Waals surface area (Å²) < 4.78 is 30.1. The molecule has 0 aliphatic heterocycles. The van der Waals surface area contributed by atoms with Gasteiger partial charge in [0.05, 0.1) is 19.8 Å². The Kier molecular flexibility index (Phi) is 7.39. The van der Waals surface area contributed by atoms with Gasteiger partial charge in [0, 0.05) is 18.7 Å². The maximum Gasteiger partial charge on any atom is 0.169 e. The summed E-state index contributed by atoms with van der Waals surface area (Å²) in [5, 5.41) is 9.04. The first kappa shape index (κ1) is 20.5. The highest BCUT2D eigenvalue weighted by atomic mass is 19.1. The zero-order chi connectivity index (χ0) is 19.8. The molecule has 5 heteroatoms. The van der Waals surface area contributed by atoms with Gasteiger partial charge < -0.3 is 14.2 Å². The van der Waals surface area contributed by atoms with Crippen molar-refractivity contribution >= 4 is 6.08 Å². The molecule has 0 aliphatic rings. The monoisotopic (exact) mass is 369 g/mol. The Morgan fingerprint density at radius 3 is 2.41 bits per heavy atom. The summed E-state index contributed by atoms with van der Waals surface area (Å²) in [6, 6.07) is 10.2. The minimum absolute atomic E-state index is 0.185. The summed E-state index contributed by atoms with van der Waals surface area (Å²) in [4.78, 5) is 0. The zero-order valence-corrected chi connectivity index (χ0v) is 16.1. The Morgan fingerprint density at radius 1 is 1.15 bits per heavy atom. The molecule has 4 nitrogen and oxygen atoms in total. The molecule has 0 fully saturated rings. The molecule has 2 aromatic rings. The van der Waals surface area contributed by atoms with E-state index < -0.39 is 0 Å². The molecule has 0 bridgehead atoms. The molecule has 0 atom stereocenters. The minimum Gasteiger partial charge on any atom is -0.493 e. The molecule has 27 heavy (non-hydrogen) atoms. The molecule has 0 spiro atoms. The molecule has 0 unspecified atom stereocenters. The average Bonchev–Trinajstić information content (AvgIpc) is 2.66. The molecule has 0 radical (unpaired) electrons. The Bertz CT molecular complexity index is 836. The fourth-order valence-corrected chi connectivity index (χ4v) is 2.88. The fraction of sp³-hybridized carbons (Fsp3) is 0.318. The third-order valence-corrected chi connectivity index (χ3v) is 4.15. The number of nitriles is 1. The van der Waals surface area contributed by atoms with E-state index in [1.807, 2.05) is 12.1 Å². The number of allylic oxidation sites excluding steroid dienone is 1. The van der Waals surface area contributed by atoms with Crippen LogP contribution in [-0.2, 0) is 4.74 Å². The number of halogens is 1. The van der Waals surface area contributed by atoms with Crippen LogP contribution in [0.1, 0.15) is 30.9 Å². The van der Waals surface area contributed by atoms with Crippen LogP contribution in [-0.4, -0.2) is 27.4 Å². The average molecular weight is 369 g/mol. The third kappa shape index (κ3) is 4.87. The molecule has 2 aromatic carbocycles. The van der Waals surface area contributed by atoms with Gasteiger partial charge >= 0.3 is 0 Å². The molecule has 0 amide bonds. The standard InChI is InChI=1S/C22H24FNO3/c1-15(2)19-14-20(26-4)22(27-13-12-25-3)21(18(19)6-5-11-24)16-7-9-17(23)10-8-16/h5-10,14-15H,12-13H2,1-4H3. The molecule has 0 saturated carbocycles. The van der Waals surface area contributed by atoms with Gasteiger partial charge in [-0.3, -0.25) is 0 Å². The fourth-order valence-electron chi connectivity index (χ4n) is 2.88. The summed E-state index contributed by atoms with van der Waals surface area (Å²) >= 11 is 0. The molecular formula is C22H24FNO3. The van der Waals surface area contributed by atoms with E-state index in [2.05, 4.69) is 13.8 Å². The number of ether oxygens (including phenoxy) is 3. The Labute approximate surface area is 159 Å². The second-order valence-corrected chi connectivity index (χ2v) is 6.25. The summed E-state index contributed by atoms with van der Waals surface area (Å²) in [6.45, 7) is 4.89. The lowest BCUT2D eigenvalue weighted by molar-refractivity contribution is 0.144. The van der Waals surface area contributed by atoms with Crippen LogP contribution in [0, 0.1) is 17.1 Å². The predicted octanol–water partition coefficient (Wildman–Crippen LogP) is 5.19. The van der Waals surface area contributed by atoms with Gasteiger partial charge in [-0.2, -0.15) is 5.26 Å². The van der Waals surface area contributed by atoms with Crippen molar-refractivity contribution in [2.75, 3.05) is 27.4 Å². The number of hydrogen-bond acceptors (Lipinski definition) is 4. The third-order valence-electron chi connectivity index (χ3n) is 4.15. The predicted molar refractivity (Wildman–Crippen MR) is 104 cm³/mol. The van der Waals surface area contributed by atoms with Gasteiger partial charge in [-0.1, -0.05) is 26.0 Å². The van der Waals surface area contributed by atoms with E-state index in [0.29, 0.717) is 24.7 Å². The van der Waals surface area contributed by atoms with Crippen LogP contribution in [0.25, 0.3) is 17.2 Å². The van der Waals surface area contributed by atoms with E-state index in [1.165, 1.54) is 18.2 Å². The Balaban J connectivity index is 2.81. The largest absolute Gasteiger partial charge is 0.493 e. The van der Waals surface area contributed by atoms with Gasteiger partial charge in [0.2, 0.25) is 0 Å². The van der Waals surface area contributed by atoms with Crippen LogP contribution >= 0.6 is 0 Å². The van der Waals surface area contributed by atoms with Gasteiger partial charge in [-0.05, 0) is 46.9 Å². The van der Waals surface area contributed by atoms with E-state index in [0.717, 1.165) is 22.3 Å². The van der Waals surface area contributed by atoms with Crippen LogP contribution in [0.2, 0.25) is 0 Å². The topological polar surface area (TPSA) is 51.5 Å². The van der Waals surface area contributed by atoms with Crippen molar-refractivity contribution in [2.24, 2.45) is 0 Å². The summed E-state index contributed by atoms with van der Waals surface area (Å²) in [5.41, 5.74) is 3.41. The van der Waals surface area contributed by atoms with E-state index in [1.54, 1.807) is 32.4 Å². The number of rotatable bonds is 8. The van der Waals surface area contributed by atoms with Crippen LogP contribution in [0.4, 0.5) is 4.39 Å². The normalized spacial score (nSPS) is 11.0. The summed E-state index contributed by atoms with van der Waals surface area (Å²) in [5.74, 6) is 0.998. The highest BCUT2D eigenvalue weighted by molar-refractivity contribution is 5.85. The van der Waals surface area contributed by atoms with Gasteiger partial charge in [0.1, 0.15) is 12.4 Å². The lowest BCUT2D eigenvalue weighted by Crippen LogP contribution is -2.08. The highest BCUT2D eigenvalue weighted by Crippen LogP contribution is 2.45. The van der Waals surface area contributed by atoms with E-state index in [4.69, 9.17) is 19.5 Å². The van der Waals surface area contributed by atoms with Crippen LogP contribution in [0.5, 0.6) is 11.5 Å². The van der Waals surface area contributed by atoms with Crippen LogP contribution < -0.4 is 9.47 Å². The van der Waals surface area contributed by atoms with Crippen molar-refractivity contribution in [3.63, 3.8) is 0 Å². The highest BCUT2D eigenvalue weighted by Gasteiger charge is 2.21. The molecule has 0 aromatic heterocycles. The maximum absolute atomic E-state index is 13.5. The second-order valence-electron chi connectivity index (χ2n) is 6.25. The first-order valence-corrected chi connectivity index (χ1v) is 8.72. The van der Waals surface area contributed by atoms with Gasteiger partial charge in [0.25, 0.3) is 0 Å². The van der Waals surface area contributed by atoms with Gasteiger partial charge in [-0.15, -0.1) is 0 Å². The molecule has 0 N–H and O–H groups in total.